The Morgan fingerprint density at radius 3 is 2.45 bits per heavy atom. The number of likely N-dealkylation sites (tertiary alicyclic amines) is 1. The van der Waals surface area contributed by atoms with Crippen LogP contribution in [0.15, 0.2) is 24.3 Å². The van der Waals surface area contributed by atoms with E-state index in [1.165, 1.54) is 6.42 Å². The number of hydrogen-bond acceptors (Lipinski definition) is 3. The fraction of sp³-hybridized carbons (Fsp3) is 0.731. The van der Waals surface area contributed by atoms with Crippen molar-refractivity contribution in [3.63, 3.8) is 0 Å². The summed E-state index contributed by atoms with van der Waals surface area (Å²) in [6.07, 6.45) is 5.99. The lowest BCUT2D eigenvalue weighted by molar-refractivity contribution is -0.128. The molecule has 5 heteroatoms. The van der Waals surface area contributed by atoms with E-state index in [4.69, 9.17) is 4.74 Å². The summed E-state index contributed by atoms with van der Waals surface area (Å²) in [5.74, 6) is 0.777. The highest BCUT2D eigenvalue weighted by Crippen LogP contribution is 2.40. The zero-order valence-corrected chi connectivity index (χ0v) is 19.9. The second kappa shape index (κ2) is 10.3. The van der Waals surface area contributed by atoms with E-state index in [0.29, 0.717) is 13.1 Å². The lowest BCUT2D eigenvalue weighted by Crippen LogP contribution is -2.50. The Bertz CT molecular complexity index is 707. The van der Waals surface area contributed by atoms with Crippen molar-refractivity contribution < 1.29 is 13.9 Å². The van der Waals surface area contributed by atoms with Crippen LogP contribution in [-0.2, 0) is 10.2 Å². The van der Waals surface area contributed by atoms with E-state index in [1.807, 2.05) is 24.3 Å². The number of methoxy groups -OCH3 is 1. The normalized spacial score (nSPS) is 24.5. The molecule has 2 atom stereocenters. The number of halogens is 1. The molecule has 1 heterocycles. The maximum Gasteiger partial charge on any atom is 0.230 e. The van der Waals surface area contributed by atoms with E-state index in [0.717, 1.165) is 62.9 Å². The number of nitrogens with one attached hydrogen (secondary N) is 1. The second-order valence-electron chi connectivity index (χ2n) is 10.8. The van der Waals surface area contributed by atoms with Crippen LogP contribution in [0, 0.1) is 11.3 Å². The molecule has 1 saturated heterocycles. The van der Waals surface area contributed by atoms with Crippen LogP contribution < -0.4 is 10.1 Å². The molecule has 1 saturated carbocycles. The molecule has 0 aromatic heterocycles. The Labute approximate surface area is 187 Å². The van der Waals surface area contributed by atoms with Gasteiger partial charge in [0.1, 0.15) is 11.9 Å². The molecule has 3 rings (SSSR count). The van der Waals surface area contributed by atoms with Crippen molar-refractivity contribution in [2.75, 3.05) is 33.3 Å². The third kappa shape index (κ3) is 6.21. The fourth-order valence-electron chi connectivity index (χ4n) is 5.05. The Morgan fingerprint density at radius 1 is 1.19 bits per heavy atom. The molecule has 2 aliphatic rings. The molecule has 2 fully saturated rings. The number of carbonyl (C=O) groups is 1. The topological polar surface area (TPSA) is 41.6 Å². The zero-order chi connectivity index (χ0) is 22.5. The van der Waals surface area contributed by atoms with E-state index in [-0.39, 0.29) is 17.2 Å². The van der Waals surface area contributed by atoms with E-state index in [2.05, 4.69) is 31.0 Å². The van der Waals surface area contributed by atoms with E-state index in [1.54, 1.807) is 7.11 Å². The standard InChI is InChI=1S/C26H41FN2O2/c1-25(2,3)15-17-29-16-12-20(23(27)19-29)18-28-24(30)26(13-6-5-7-14-26)21-8-10-22(31-4)11-9-21/h8-11,20,23H,5-7,12-19H2,1-4H3,(H,28,30)/t20-,23-/m0/s1. The molecule has 1 aromatic carbocycles. The van der Waals surface area contributed by atoms with Gasteiger partial charge in [-0.1, -0.05) is 52.2 Å². The van der Waals surface area contributed by atoms with Gasteiger partial charge in [-0.05, 0) is 61.9 Å². The molecule has 4 nitrogen and oxygen atoms in total. The van der Waals surface area contributed by atoms with Crippen LogP contribution in [-0.4, -0.2) is 50.3 Å². The number of carbonyl (C=O) groups excluding carboxylic acids is 1. The van der Waals surface area contributed by atoms with Gasteiger partial charge in [0.2, 0.25) is 5.91 Å². The van der Waals surface area contributed by atoms with Crippen molar-refractivity contribution in [3.05, 3.63) is 29.8 Å². The Hall–Kier alpha value is -1.62. The molecule has 1 N–H and O–H groups in total. The molecule has 1 aliphatic heterocycles. The predicted octanol–water partition coefficient (Wildman–Crippen LogP) is 5.11. The number of hydrogen-bond donors (Lipinski definition) is 1. The predicted molar refractivity (Wildman–Crippen MR) is 124 cm³/mol. The summed E-state index contributed by atoms with van der Waals surface area (Å²) in [6, 6.07) is 7.92. The molecule has 1 aromatic rings. The number of benzene rings is 1. The summed E-state index contributed by atoms with van der Waals surface area (Å²) in [5, 5.41) is 3.16. The van der Waals surface area contributed by atoms with E-state index < -0.39 is 11.6 Å². The highest BCUT2D eigenvalue weighted by atomic mass is 19.1. The van der Waals surface area contributed by atoms with Gasteiger partial charge in [0.15, 0.2) is 0 Å². The van der Waals surface area contributed by atoms with Gasteiger partial charge in [0.05, 0.1) is 12.5 Å². The molecular formula is C26H41FN2O2. The van der Waals surface area contributed by atoms with Crippen LogP contribution in [0.2, 0.25) is 0 Å². The molecule has 1 amide bonds. The first-order chi connectivity index (χ1) is 14.7. The third-order valence-corrected chi connectivity index (χ3v) is 7.25. The molecule has 0 radical (unpaired) electrons. The first-order valence-electron chi connectivity index (χ1n) is 12.0. The largest absolute Gasteiger partial charge is 0.497 e. The van der Waals surface area contributed by atoms with Crippen LogP contribution >= 0.6 is 0 Å². The Balaban J connectivity index is 1.58. The van der Waals surface area contributed by atoms with E-state index in [9.17, 15) is 9.18 Å². The smallest absolute Gasteiger partial charge is 0.230 e. The van der Waals surface area contributed by atoms with Crippen LogP contribution in [0.4, 0.5) is 4.39 Å². The lowest BCUT2D eigenvalue weighted by atomic mass is 9.68. The lowest BCUT2D eigenvalue weighted by Gasteiger charge is -2.39. The minimum Gasteiger partial charge on any atom is -0.497 e. The third-order valence-electron chi connectivity index (χ3n) is 7.25. The van der Waals surface area contributed by atoms with Gasteiger partial charge in [0, 0.05) is 19.0 Å². The van der Waals surface area contributed by atoms with Gasteiger partial charge < -0.3 is 15.0 Å². The van der Waals surface area contributed by atoms with Gasteiger partial charge in [-0.3, -0.25) is 4.79 Å². The first kappa shape index (κ1) is 24.0. The molecular weight excluding hydrogens is 391 g/mol. The highest BCUT2D eigenvalue weighted by molar-refractivity contribution is 5.88. The minimum atomic E-state index is -0.877. The molecule has 31 heavy (non-hydrogen) atoms. The first-order valence-corrected chi connectivity index (χ1v) is 12.0. The van der Waals surface area contributed by atoms with Crippen LogP contribution in [0.3, 0.4) is 0 Å². The number of rotatable bonds is 7. The van der Waals surface area contributed by atoms with E-state index >= 15 is 0 Å². The summed E-state index contributed by atoms with van der Waals surface area (Å²) in [7, 11) is 1.65. The summed E-state index contributed by atoms with van der Waals surface area (Å²) >= 11 is 0. The number of ether oxygens (including phenoxy) is 1. The van der Waals surface area contributed by atoms with Crippen LogP contribution in [0.1, 0.15) is 71.3 Å². The summed E-state index contributed by atoms with van der Waals surface area (Å²) in [5.41, 5.74) is 0.829. The highest BCUT2D eigenvalue weighted by Gasteiger charge is 2.41. The van der Waals surface area contributed by atoms with Crippen LogP contribution in [0.25, 0.3) is 0 Å². The van der Waals surface area contributed by atoms with Gasteiger partial charge in [-0.25, -0.2) is 4.39 Å². The monoisotopic (exact) mass is 432 g/mol. The van der Waals surface area contributed by atoms with Gasteiger partial charge in [-0.2, -0.15) is 0 Å². The number of alkyl halides is 1. The number of nitrogens with zero attached hydrogens (tertiary/aromatic N) is 1. The van der Waals surface area contributed by atoms with Crippen LogP contribution in [0.5, 0.6) is 5.75 Å². The van der Waals surface area contributed by atoms with Crippen molar-refractivity contribution in [1.29, 1.82) is 0 Å². The fourth-order valence-corrected chi connectivity index (χ4v) is 5.05. The molecule has 1 aliphatic carbocycles. The molecule has 174 valence electrons. The SMILES string of the molecule is COc1ccc(C2(C(=O)NC[C@@H]3CCN(CCC(C)(C)C)C[C@@H]3F)CCCCC2)cc1. The quantitative estimate of drug-likeness (QED) is 0.651. The number of amides is 1. The average Bonchev–Trinajstić information content (AvgIpc) is 2.77. The van der Waals surface area contributed by atoms with Gasteiger partial charge in [0.25, 0.3) is 0 Å². The summed E-state index contributed by atoms with van der Waals surface area (Å²) in [4.78, 5) is 15.7. The summed E-state index contributed by atoms with van der Waals surface area (Å²) in [6.45, 7) is 9.47. The summed E-state index contributed by atoms with van der Waals surface area (Å²) < 4.78 is 20.2. The number of piperidine rings is 1. The van der Waals surface area contributed by atoms with Crippen molar-refractivity contribution in [3.8, 4) is 5.75 Å². The minimum absolute atomic E-state index is 0.0692. The maximum atomic E-state index is 14.9. The van der Waals surface area contributed by atoms with Crippen molar-refractivity contribution in [2.45, 2.75) is 77.3 Å². The maximum absolute atomic E-state index is 14.9. The van der Waals surface area contributed by atoms with Crippen molar-refractivity contribution >= 4 is 5.91 Å². The van der Waals surface area contributed by atoms with Gasteiger partial charge >= 0.3 is 0 Å². The zero-order valence-electron chi connectivity index (χ0n) is 19.9. The average molecular weight is 433 g/mol. The van der Waals surface area contributed by atoms with Crippen molar-refractivity contribution in [1.82, 2.24) is 10.2 Å². The van der Waals surface area contributed by atoms with Crippen molar-refractivity contribution in [2.24, 2.45) is 11.3 Å². The second-order valence-corrected chi connectivity index (χ2v) is 10.8. The molecule has 0 bridgehead atoms. The molecule has 0 unspecified atom stereocenters. The Morgan fingerprint density at radius 2 is 1.87 bits per heavy atom. The molecule has 0 spiro atoms. The van der Waals surface area contributed by atoms with Gasteiger partial charge in [-0.15, -0.1) is 0 Å². The Kier molecular flexibility index (Phi) is 8.01.